The summed E-state index contributed by atoms with van der Waals surface area (Å²) in [6.07, 6.45) is 49.9. The van der Waals surface area contributed by atoms with Gasteiger partial charge in [0.2, 0.25) is 5.91 Å². The number of allylic oxidation sites excluding steroid dienone is 10. The van der Waals surface area contributed by atoms with Crippen LogP contribution in [0.5, 0.6) is 0 Å². The second kappa shape index (κ2) is 41.7. The third-order valence-corrected chi connectivity index (χ3v) is 9.93. The smallest absolute Gasteiger partial charge is 0.306 e. The lowest BCUT2D eigenvalue weighted by Gasteiger charge is -2.24. The first-order chi connectivity index (χ1) is 26.5. The Bertz CT molecular complexity index is 984. The van der Waals surface area contributed by atoms with Crippen LogP contribution in [0.4, 0.5) is 0 Å². The Kier molecular flexibility index (Phi) is 39.8. The largest absolute Gasteiger partial charge is 0.462 e. The number of unbranched alkanes of at least 4 members (excludes halogenated alkanes) is 20. The van der Waals surface area contributed by atoms with Gasteiger partial charge in [-0.15, -0.1) is 0 Å². The van der Waals surface area contributed by atoms with Crippen molar-refractivity contribution in [3.8, 4) is 0 Å². The van der Waals surface area contributed by atoms with Crippen molar-refractivity contribution in [1.29, 1.82) is 0 Å². The monoisotopic (exact) mass is 756 g/mol. The second-order valence-electron chi connectivity index (χ2n) is 15.2. The van der Waals surface area contributed by atoms with Crippen molar-refractivity contribution >= 4 is 11.9 Å². The molecule has 0 aromatic heterocycles. The van der Waals surface area contributed by atoms with E-state index in [4.69, 9.17) is 4.74 Å². The maximum Gasteiger partial charge on any atom is 0.306 e. The number of carbonyl (C=O) groups is 2. The lowest BCUT2D eigenvalue weighted by Crippen LogP contribution is -2.46. The number of carbonyl (C=O) groups excluding carboxylic acids is 2. The van der Waals surface area contributed by atoms with Crippen LogP contribution in [-0.4, -0.2) is 46.9 Å². The number of aliphatic hydroxyl groups is 2. The number of rotatable bonds is 39. The van der Waals surface area contributed by atoms with Crippen molar-refractivity contribution in [2.24, 2.45) is 0 Å². The highest BCUT2D eigenvalue weighted by Crippen LogP contribution is 2.17. The molecule has 0 heterocycles. The fraction of sp³-hybridized carbons (Fsp3) is 0.750. The molecule has 0 bridgehead atoms. The summed E-state index contributed by atoms with van der Waals surface area (Å²) in [7, 11) is 0. The van der Waals surface area contributed by atoms with E-state index in [0.29, 0.717) is 19.3 Å². The molecular weight excluding hydrogens is 671 g/mol. The first-order valence-electron chi connectivity index (χ1n) is 22.6. The summed E-state index contributed by atoms with van der Waals surface area (Å²) in [6, 6.07) is -0.715. The zero-order valence-corrected chi connectivity index (χ0v) is 35.3. The van der Waals surface area contributed by atoms with Gasteiger partial charge < -0.3 is 20.3 Å². The molecule has 3 N–H and O–H groups in total. The Morgan fingerprint density at radius 3 is 1.65 bits per heavy atom. The quantitative estimate of drug-likeness (QED) is 0.0251. The van der Waals surface area contributed by atoms with Gasteiger partial charge in [0.25, 0.3) is 0 Å². The van der Waals surface area contributed by atoms with Gasteiger partial charge in [0, 0.05) is 6.42 Å². The van der Waals surface area contributed by atoms with E-state index in [-0.39, 0.29) is 24.9 Å². The van der Waals surface area contributed by atoms with Crippen LogP contribution in [0.15, 0.2) is 60.8 Å². The van der Waals surface area contributed by atoms with Crippen molar-refractivity contribution < 1.29 is 24.5 Å². The van der Waals surface area contributed by atoms with Crippen LogP contribution < -0.4 is 5.32 Å². The minimum Gasteiger partial charge on any atom is -0.462 e. The molecule has 0 aromatic carbocycles. The number of nitrogens with one attached hydrogen (secondary N) is 1. The summed E-state index contributed by atoms with van der Waals surface area (Å²) in [5.74, 6) is -0.529. The van der Waals surface area contributed by atoms with Crippen LogP contribution in [-0.2, 0) is 14.3 Å². The van der Waals surface area contributed by atoms with Gasteiger partial charge in [-0.3, -0.25) is 9.59 Å². The molecule has 0 aromatic rings. The number of hydrogen-bond acceptors (Lipinski definition) is 5. The Morgan fingerprint density at radius 1 is 0.556 bits per heavy atom. The zero-order valence-electron chi connectivity index (χ0n) is 35.3. The van der Waals surface area contributed by atoms with Gasteiger partial charge in [0.05, 0.1) is 25.2 Å². The fourth-order valence-corrected chi connectivity index (χ4v) is 6.48. The van der Waals surface area contributed by atoms with E-state index in [2.05, 4.69) is 56.5 Å². The molecule has 0 rings (SSSR count). The third kappa shape index (κ3) is 36.5. The van der Waals surface area contributed by atoms with Gasteiger partial charge in [-0.25, -0.2) is 0 Å². The SMILES string of the molecule is CC/C=C/C=C/C=C/C=C\CCCCCC(CC(=O)NC(CO)C(O)CCCCCCCCCCCCC)OC(=O)CCCCCCC/C=C\CCCC. The molecule has 1 amide bonds. The summed E-state index contributed by atoms with van der Waals surface area (Å²) in [5.41, 5.74) is 0. The Hall–Kier alpha value is -2.44. The molecule has 3 atom stereocenters. The molecule has 312 valence electrons. The minimum atomic E-state index is -0.799. The maximum atomic E-state index is 13.1. The highest BCUT2D eigenvalue weighted by Gasteiger charge is 2.24. The van der Waals surface area contributed by atoms with Gasteiger partial charge in [-0.05, 0) is 64.2 Å². The van der Waals surface area contributed by atoms with Gasteiger partial charge in [-0.2, -0.15) is 0 Å². The highest BCUT2D eigenvalue weighted by atomic mass is 16.5. The fourth-order valence-electron chi connectivity index (χ4n) is 6.48. The summed E-state index contributed by atoms with van der Waals surface area (Å²) >= 11 is 0. The van der Waals surface area contributed by atoms with E-state index in [1.165, 1.54) is 83.5 Å². The van der Waals surface area contributed by atoms with E-state index in [1.54, 1.807) is 0 Å². The predicted octanol–water partition coefficient (Wildman–Crippen LogP) is 12.9. The molecule has 0 saturated heterocycles. The lowest BCUT2D eigenvalue weighted by molar-refractivity contribution is -0.151. The van der Waals surface area contributed by atoms with Crippen LogP contribution >= 0.6 is 0 Å². The molecule has 0 saturated carbocycles. The molecule has 0 radical (unpaired) electrons. The molecule has 0 spiro atoms. The molecule has 3 unspecified atom stereocenters. The second-order valence-corrected chi connectivity index (χ2v) is 15.2. The number of aliphatic hydroxyl groups excluding tert-OH is 2. The molecule has 0 aliphatic rings. The maximum absolute atomic E-state index is 13.1. The Morgan fingerprint density at radius 2 is 1.04 bits per heavy atom. The number of hydrogen-bond donors (Lipinski definition) is 3. The molecule has 0 fully saturated rings. The van der Waals surface area contributed by atoms with Crippen LogP contribution in [0.3, 0.4) is 0 Å². The minimum absolute atomic E-state index is 0.0465. The van der Waals surface area contributed by atoms with Crippen LogP contribution in [0, 0.1) is 0 Å². The average Bonchev–Trinajstić information content (AvgIpc) is 3.16. The lowest BCUT2D eigenvalue weighted by atomic mass is 10.0. The first kappa shape index (κ1) is 51.6. The molecule has 0 aliphatic heterocycles. The average molecular weight is 756 g/mol. The van der Waals surface area contributed by atoms with Crippen LogP contribution in [0.1, 0.15) is 207 Å². The van der Waals surface area contributed by atoms with Crippen LogP contribution in [0.2, 0.25) is 0 Å². The number of ether oxygens (including phenoxy) is 1. The van der Waals surface area contributed by atoms with Gasteiger partial charge in [-0.1, -0.05) is 191 Å². The molecule has 54 heavy (non-hydrogen) atoms. The van der Waals surface area contributed by atoms with E-state index in [1.807, 2.05) is 30.4 Å². The number of amides is 1. The summed E-state index contributed by atoms with van der Waals surface area (Å²) in [6.45, 7) is 6.26. The zero-order chi connectivity index (χ0) is 39.6. The van der Waals surface area contributed by atoms with E-state index >= 15 is 0 Å². The molecular formula is C48H85NO5. The van der Waals surface area contributed by atoms with Gasteiger partial charge >= 0.3 is 5.97 Å². The van der Waals surface area contributed by atoms with Gasteiger partial charge in [0.15, 0.2) is 0 Å². The summed E-state index contributed by atoms with van der Waals surface area (Å²) in [5, 5.41) is 23.6. The summed E-state index contributed by atoms with van der Waals surface area (Å²) in [4.78, 5) is 25.9. The van der Waals surface area contributed by atoms with Crippen molar-refractivity contribution in [1.82, 2.24) is 5.32 Å². The van der Waals surface area contributed by atoms with Crippen LogP contribution in [0.25, 0.3) is 0 Å². The third-order valence-electron chi connectivity index (χ3n) is 9.93. The Balaban J connectivity index is 4.70. The number of esters is 1. The molecule has 6 nitrogen and oxygen atoms in total. The van der Waals surface area contributed by atoms with E-state index < -0.39 is 18.2 Å². The van der Waals surface area contributed by atoms with Gasteiger partial charge in [0.1, 0.15) is 6.10 Å². The first-order valence-corrected chi connectivity index (χ1v) is 22.6. The predicted molar refractivity (Wildman–Crippen MR) is 232 cm³/mol. The Labute approximate surface area is 333 Å². The topological polar surface area (TPSA) is 95.9 Å². The normalized spacial score (nSPS) is 13.9. The standard InChI is InChI=1S/C48H85NO5/c1-4-7-10-13-16-19-22-23-26-27-30-33-36-39-44(54-48(53)41-38-35-32-29-25-21-18-15-12-9-6-3)42-47(52)49-45(43-50)46(51)40-37-34-31-28-24-20-17-14-11-8-5-2/h7,10,13,15-16,18-19,22-23,26,44-46,50-51H,4-6,8-9,11-12,14,17,20-21,24-25,27-43H2,1-3H3,(H,49,52)/b10-7+,16-13+,18-15-,22-19+,26-23-. The van der Waals surface area contributed by atoms with Crippen molar-refractivity contribution in [3.63, 3.8) is 0 Å². The van der Waals surface area contributed by atoms with Crippen molar-refractivity contribution in [3.05, 3.63) is 60.8 Å². The molecule has 6 heteroatoms. The summed E-state index contributed by atoms with van der Waals surface area (Å²) < 4.78 is 5.87. The van der Waals surface area contributed by atoms with E-state index in [9.17, 15) is 19.8 Å². The highest BCUT2D eigenvalue weighted by molar-refractivity contribution is 5.77. The van der Waals surface area contributed by atoms with E-state index in [0.717, 1.165) is 77.0 Å². The molecule has 0 aliphatic carbocycles. The van der Waals surface area contributed by atoms with Crippen molar-refractivity contribution in [2.45, 2.75) is 225 Å². The van der Waals surface area contributed by atoms with Crippen molar-refractivity contribution in [2.75, 3.05) is 6.61 Å².